The van der Waals surface area contributed by atoms with Gasteiger partial charge in [-0.25, -0.2) is 9.97 Å². The van der Waals surface area contributed by atoms with E-state index in [2.05, 4.69) is 20.6 Å². The predicted molar refractivity (Wildman–Crippen MR) is 104 cm³/mol. The van der Waals surface area contributed by atoms with Gasteiger partial charge in [0.15, 0.2) is 0 Å². The summed E-state index contributed by atoms with van der Waals surface area (Å²) in [4.78, 5) is 20.9. The molecule has 26 heavy (non-hydrogen) atoms. The van der Waals surface area contributed by atoms with Crippen molar-refractivity contribution in [3.8, 4) is 11.3 Å². The van der Waals surface area contributed by atoms with Gasteiger partial charge in [-0.15, -0.1) is 0 Å². The maximum Gasteiger partial charge on any atom is 0.251 e. The Kier molecular flexibility index (Phi) is 5.59. The van der Waals surface area contributed by atoms with Crippen molar-refractivity contribution in [2.24, 2.45) is 0 Å². The Morgan fingerprint density at radius 3 is 2.62 bits per heavy atom. The molecule has 0 unspecified atom stereocenters. The summed E-state index contributed by atoms with van der Waals surface area (Å²) in [7, 11) is 0. The van der Waals surface area contributed by atoms with E-state index in [0.29, 0.717) is 11.4 Å². The first-order valence-electron chi connectivity index (χ1n) is 8.71. The molecule has 0 fully saturated rings. The first-order chi connectivity index (χ1) is 12.7. The summed E-state index contributed by atoms with van der Waals surface area (Å²) in [5.74, 6) is 0.606. The largest absolute Gasteiger partial charge is 0.350 e. The van der Waals surface area contributed by atoms with E-state index in [1.54, 1.807) is 6.07 Å². The summed E-state index contributed by atoms with van der Waals surface area (Å²) in [6.45, 7) is 4.04. The Morgan fingerprint density at radius 1 is 1.04 bits per heavy atom. The second-order valence-corrected chi connectivity index (χ2v) is 6.14. The van der Waals surface area contributed by atoms with Crippen molar-refractivity contribution in [1.29, 1.82) is 0 Å². The van der Waals surface area contributed by atoms with Crippen LogP contribution in [-0.2, 0) is 0 Å². The lowest BCUT2D eigenvalue weighted by atomic mass is 10.1. The number of benzene rings is 2. The fourth-order valence-corrected chi connectivity index (χ4v) is 2.49. The van der Waals surface area contributed by atoms with Crippen LogP contribution >= 0.6 is 0 Å². The molecule has 3 rings (SSSR count). The standard InChI is InChI=1S/C21H22N4O/c1-3-15(2)24-21(26)17-10-7-11-18(12-17)25-20-13-19(22-14-23-20)16-8-5-4-6-9-16/h4-15H,3H2,1-2H3,(H,24,26)(H,22,23,25)/t15-/m1/s1. The highest BCUT2D eigenvalue weighted by molar-refractivity contribution is 5.95. The van der Waals surface area contributed by atoms with E-state index in [1.807, 2.05) is 68.4 Å². The minimum Gasteiger partial charge on any atom is -0.350 e. The number of carbonyl (C=O) groups excluding carboxylic acids is 1. The molecular formula is C21H22N4O. The van der Waals surface area contributed by atoms with E-state index < -0.39 is 0 Å². The Hall–Kier alpha value is -3.21. The molecule has 1 atom stereocenters. The lowest BCUT2D eigenvalue weighted by molar-refractivity contribution is 0.0939. The van der Waals surface area contributed by atoms with Crippen molar-refractivity contribution in [1.82, 2.24) is 15.3 Å². The van der Waals surface area contributed by atoms with E-state index in [-0.39, 0.29) is 11.9 Å². The lowest BCUT2D eigenvalue weighted by Crippen LogP contribution is -2.31. The van der Waals surface area contributed by atoms with E-state index in [1.165, 1.54) is 6.33 Å². The third-order valence-corrected chi connectivity index (χ3v) is 4.12. The number of anilines is 2. The van der Waals surface area contributed by atoms with E-state index >= 15 is 0 Å². The molecule has 2 N–H and O–H groups in total. The highest BCUT2D eigenvalue weighted by Crippen LogP contribution is 2.21. The first kappa shape index (κ1) is 17.6. The van der Waals surface area contributed by atoms with Gasteiger partial charge in [-0.2, -0.15) is 0 Å². The molecule has 1 heterocycles. The number of carbonyl (C=O) groups is 1. The zero-order valence-corrected chi connectivity index (χ0v) is 14.9. The van der Waals surface area contributed by atoms with Crippen LogP contribution in [-0.4, -0.2) is 21.9 Å². The maximum atomic E-state index is 12.3. The van der Waals surface area contributed by atoms with Crippen molar-refractivity contribution in [2.45, 2.75) is 26.3 Å². The lowest BCUT2D eigenvalue weighted by Gasteiger charge is -2.12. The van der Waals surface area contributed by atoms with Gasteiger partial charge in [0.1, 0.15) is 12.1 Å². The Balaban J connectivity index is 1.77. The molecule has 5 heteroatoms. The second kappa shape index (κ2) is 8.25. The zero-order valence-electron chi connectivity index (χ0n) is 14.9. The van der Waals surface area contributed by atoms with Crippen molar-refractivity contribution in [3.05, 3.63) is 72.6 Å². The number of hydrogen-bond acceptors (Lipinski definition) is 4. The van der Waals surface area contributed by atoms with Crippen molar-refractivity contribution in [3.63, 3.8) is 0 Å². The molecule has 0 aliphatic heterocycles. The molecule has 0 aliphatic carbocycles. The molecule has 0 saturated heterocycles. The van der Waals surface area contributed by atoms with Crippen molar-refractivity contribution < 1.29 is 4.79 Å². The van der Waals surface area contributed by atoms with Crippen LogP contribution in [0.2, 0.25) is 0 Å². The molecule has 0 spiro atoms. The molecule has 132 valence electrons. The van der Waals surface area contributed by atoms with Gasteiger partial charge in [-0.3, -0.25) is 4.79 Å². The van der Waals surface area contributed by atoms with E-state index in [0.717, 1.165) is 23.4 Å². The second-order valence-electron chi connectivity index (χ2n) is 6.14. The third kappa shape index (κ3) is 4.45. The maximum absolute atomic E-state index is 12.3. The Morgan fingerprint density at radius 2 is 1.85 bits per heavy atom. The molecule has 1 aromatic heterocycles. The molecule has 0 aliphatic rings. The molecule has 1 amide bonds. The predicted octanol–water partition coefficient (Wildman–Crippen LogP) is 4.42. The molecule has 3 aromatic rings. The summed E-state index contributed by atoms with van der Waals surface area (Å²) < 4.78 is 0. The Bertz CT molecular complexity index is 880. The third-order valence-electron chi connectivity index (χ3n) is 4.12. The minimum atomic E-state index is -0.0735. The summed E-state index contributed by atoms with van der Waals surface area (Å²) in [6, 6.07) is 19.4. The summed E-state index contributed by atoms with van der Waals surface area (Å²) in [6.07, 6.45) is 2.43. The fourth-order valence-electron chi connectivity index (χ4n) is 2.49. The SMILES string of the molecule is CC[C@@H](C)NC(=O)c1cccc(Nc2cc(-c3ccccc3)ncn2)c1. The summed E-state index contributed by atoms with van der Waals surface area (Å²) >= 11 is 0. The van der Waals surface area contributed by atoms with Crippen LogP contribution in [0, 0.1) is 0 Å². The van der Waals surface area contributed by atoms with Crippen LogP contribution in [0.25, 0.3) is 11.3 Å². The molecule has 0 radical (unpaired) electrons. The van der Waals surface area contributed by atoms with Crippen LogP contribution in [0.4, 0.5) is 11.5 Å². The number of nitrogens with one attached hydrogen (secondary N) is 2. The van der Waals surface area contributed by atoms with Gasteiger partial charge in [0.05, 0.1) is 5.69 Å². The number of rotatable bonds is 6. The normalized spacial score (nSPS) is 11.6. The molecule has 0 saturated carbocycles. The van der Waals surface area contributed by atoms with Gasteiger partial charge in [0, 0.05) is 28.9 Å². The van der Waals surface area contributed by atoms with Gasteiger partial charge in [-0.05, 0) is 31.5 Å². The van der Waals surface area contributed by atoms with Crippen LogP contribution in [0.15, 0.2) is 67.0 Å². The monoisotopic (exact) mass is 346 g/mol. The molecule has 2 aromatic carbocycles. The number of aromatic nitrogens is 2. The average Bonchev–Trinajstić information content (AvgIpc) is 2.69. The smallest absolute Gasteiger partial charge is 0.251 e. The number of amides is 1. The highest BCUT2D eigenvalue weighted by atomic mass is 16.1. The fraction of sp³-hybridized carbons (Fsp3) is 0.190. The van der Waals surface area contributed by atoms with Gasteiger partial charge in [0.25, 0.3) is 5.91 Å². The van der Waals surface area contributed by atoms with Crippen LogP contribution < -0.4 is 10.6 Å². The van der Waals surface area contributed by atoms with Crippen molar-refractivity contribution in [2.75, 3.05) is 5.32 Å². The topological polar surface area (TPSA) is 66.9 Å². The van der Waals surface area contributed by atoms with Crippen LogP contribution in [0.3, 0.4) is 0 Å². The summed E-state index contributed by atoms with van der Waals surface area (Å²) in [5.41, 5.74) is 3.29. The zero-order chi connectivity index (χ0) is 18.4. The average molecular weight is 346 g/mol. The molecule has 5 nitrogen and oxygen atoms in total. The number of nitrogens with zero attached hydrogens (tertiary/aromatic N) is 2. The first-order valence-corrected chi connectivity index (χ1v) is 8.71. The van der Waals surface area contributed by atoms with Gasteiger partial charge < -0.3 is 10.6 Å². The van der Waals surface area contributed by atoms with Gasteiger partial charge in [-0.1, -0.05) is 43.3 Å². The Labute approximate surface area is 153 Å². The highest BCUT2D eigenvalue weighted by Gasteiger charge is 2.09. The van der Waals surface area contributed by atoms with Gasteiger partial charge in [0.2, 0.25) is 0 Å². The minimum absolute atomic E-state index is 0.0735. The van der Waals surface area contributed by atoms with Crippen molar-refractivity contribution >= 4 is 17.4 Å². The van der Waals surface area contributed by atoms with Crippen LogP contribution in [0.5, 0.6) is 0 Å². The molecule has 0 bridgehead atoms. The van der Waals surface area contributed by atoms with E-state index in [9.17, 15) is 4.79 Å². The van der Waals surface area contributed by atoms with E-state index in [4.69, 9.17) is 0 Å². The molecular weight excluding hydrogens is 324 g/mol. The quantitative estimate of drug-likeness (QED) is 0.693. The number of hydrogen-bond donors (Lipinski definition) is 2. The summed E-state index contributed by atoms with van der Waals surface area (Å²) in [5, 5.41) is 6.22. The van der Waals surface area contributed by atoms with Gasteiger partial charge >= 0.3 is 0 Å². The van der Waals surface area contributed by atoms with Crippen LogP contribution in [0.1, 0.15) is 30.6 Å².